The molecule has 0 amide bonds. The molecule has 0 radical (unpaired) electrons. The van der Waals surface area contributed by atoms with E-state index in [9.17, 15) is 13.2 Å². The molecule has 2 rings (SSSR count). The molecule has 2 aromatic rings. The zero-order chi connectivity index (χ0) is 15.5. The van der Waals surface area contributed by atoms with Crippen LogP contribution in [0.25, 0.3) is 11.1 Å². The molecule has 0 heterocycles. The van der Waals surface area contributed by atoms with Gasteiger partial charge in [0.1, 0.15) is 0 Å². The van der Waals surface area contributed by atoms with E-state index < -0.39 is 11.7 Å². The Labute approximate surface area is 122 Å². The van der Waals surface area contributed by atoms with Crippen LogP contribution in [0.15, 0.2) is 48.5 Å². The van der Waals surface area contributed by atoms with Crippen LogP contribution in [0.2, 0.25) is 0 Å². The Morgan fingerprint density at radius 3 is 1.81 bits per heavy atom. The summed E-state index contributed by atoms with van der Waals surface area (Å²) >= 11 is 0. The highest BCUT2D eigenvalue weighted by molar-refractivity contribution is 5.64. The summed E-state index contributed by atoms with van der Waals surface area (Å²) in [6, 6.07) is 12.9. The number of hydrogen-bond donors (Lipinski definition) is 1. The van der Waals surface area contributed by atoms with E-state index in [-0.39, 0.29) is 6.04 Å². The molecule has 0 spiro atoms. The van der Waals surface area contributed by atoms with Crippen LogP contribution >= 0.6 is 0 Å². The van der Waals surface area contributed by atoms with Crippen LogP contribution in [0.3, 0.4) is 0 Å². The summed E-state index contributed by atoms with van der Waals surface area (Å²) in [6.07, 6.45) is -2.36. The quantitative estimate of drug-likeness (QED) is 0.826. The van der Waals surface area contributed by atoms with Crippen molar-refractivity contribution >= 4 is 0 Å². The predicted octanol–water partition coefficient (Wildman–Crippen LogP) is 5.17. The van der Waals surface area contributed by atoms with Gasteiger partial charge in [0.25, 0.3) is 0 Å². The van der Waals surface area contributed by atoms with Crippen molar-refractivity contribution in [2.45, 2.75) is 32.0 Å². The van der Waals surface area contributed by atoms with Crippen molar-refractivity contribution in [1.29, 1.82) is 0 Å². The first-order valence-electron chi connectivity index (χ1n) is 6.95. The first-order chi connectivity index (χ1) is 9.91. The van der Waals surface area contributed by atoms with Gasteiger partial charge in [-0.15, -0.1) is 0 Å². The van der Waals surface area contributed by atoms with E-state index in [0.717, 1.165) is 41.7 Å². The van der Waals surface area contributed by atoms with E-state index in [1.807, 2.05) is 24.3 Å². The van der Waals surface area contributed by atoms with Gasteiger partial charge in [-0.3, -0.25) is 0 Å². The number of benzene rings is 2. The van der Waals surface area contributed by atoms with Crippen LogP contribution in [-0.2, 0) is 6.18 Å². The average Bonchev–Trinajstić information content (AvgIpc) is 2.47. The summed E-state index contributed by atoms with van der Waals surface area (Å²) in [5.41, 5.74) is 8.10. The summed E-state index contributed by atoms with van der Waals surface area (Å²) in [5.74, 6) is 0. The zero-order valence-electron chi connectivity index (χ0n) is 11.8. The molecule has 0 saturated heterocycles. The van der Waals surface area contributed by atoms with Crippen molar-refractivity contribution < 1.29 is 13.2 Å². The third-order valence-corrected chi connectivity index (χ3v) is 3.48. The summed E-state index contributed by atoms with van der Waals surface area (Å²) in [7, 11) is 0. The minimum atomic E-state index is -4.30. The predicted molar refractivity (Wildman–Crippen MR) is 78.7 cm³/mol. The monoisotopic (exact) mass is 293 g/mol. The Morgan fingerprint density at radius 2 is 1.38 bits per heavy atom. The minimum absolute atomic E-state index is 0.0108. The molecule has 2 N–H and O–H groups in total. The van der Waals surface area contributed by atoms with Crippen LogP contribution in [0.5, 0.6) is 0 Å². The molecular weight excluding hydrogens is 275 g/mol. The van der Waals surface area contributed by atoms with E-state index in [0.29, 0.717) is 0 Å². The maximum atomic E-state index is 12.5. The maximum Gasteiger partial charge on any atom is 0.416 e. The van der Waals surface area contributed by atoms with E-state index in [4.69, 9.17) is 5.73 Å². The second-order valence-corrected chi connectivity index (χ2v) is 5.09. The molecule has 0 bridgehead atoms. The van der Waals surface area contributed by atoms with Crippen LogP contribution in [0.4, 0.5) is 13.2 Å². The van der Waals surface area contributed by atoms with Crippen LogP contribution in [-0.4, -0.2) is 0 Å². The average molecular weight is 293 g/mol. The molecule has 2 aromatic carbocycles. The number of hydrogen-bond acceptors (Lipinski definition) is 1. The van der Waals surface area contributed by atoms with E-state index in [1.165, 1.54) is 12.1 Å². The fourth-order valence-corrected chi connectivity index (χ4v) is 2.25. The van der Waals surface area contributed by atoms with Gasteiger partial charge < -0.3 is 5.73 Å². The largest absolute Gasteiger partial charge is 0.416 e. The van der Waals surface area contributed by atoms with Gasteiger partial charge in [0, 0.05) is 6.04 Å². The Kier molecular flexibility index (Phi) is 4.68. The van der Waals surface area contributed by atoms with Gasteiger partial charge in [0.05, 0.1) is 5.56 Å². The maximum absolute atomic E-state index is 12.5. The zero-order valence-corrected chi connectivity index (χ0v) is 11.8. The minimum Gasteiger partial charge on any atom is -0.324 e. The fourth-order valence-electron chi connectivity index (χ4n) is 2.25. The Bertz CT molecular complexity index is 570. The van der Waals surface area contributed by atoms with Crippen molar-refractivity contribution in [2.24, 2.45) is 5.73 Å². The van der Waals surface area contributed by atoms with E-state index in [1.54, 1.807) is 0 Å². The van der Waals surface area contributed by atoms with Crippen molar-refractivity contribution in [3.63, 3.8) is 0 Å². The fraction of sp³-hybridized carbons (Fsp3) is 0.294. The first kappa shape index (κ1) is 15.6. The molecule has 0 unspecified atom stereocenters. The molecule has 21 heavy (non-hydrogen) atoms. The second-order valence-electron chi connectivity index (χ2n) is 5.09. The third-order valence-electron chi connectivity index (χ3n) is 3.48. The van der Waals surface area contributed by atoms with Crippen molar-refractivity contribution in [3.8, 4) is 11.1 Å². The molecule has 0 fully saturated rings. The van der Waals surface area contributed by atoms with Crippen LogP contribution in [0.1, 0.15) is 36.9 Å². The Hall–Kier alpha value is -1.81. The number of nitrogens with two attached hydrogens (primary N) is 1. The van der Waals surface area contributed by atoms with E-state index in [2.05, 4.69) is 6.92 Å². The van der Waals surface area contributed by atoms with Gasteiger partial charge in [-0.1, -0.05) is 49.7 Å². The highest BCUT2D eigenvalue weighted by Gasteiger charge is 2.29. The van der Waals surface area contributed by atoms with Crippen LogP contribution < -0.4 is 5.73 Å². The standard InChI is InChI=1S/C17H18F3N/c1-2-3-16(21)14-6-4-12(5-7-14)13-8-10-15(11-9-13)17(18,19)20/h4-11,16H,2-3,21H2,1H3/t16-/m0/s1. The molecular formula is C17H18F3N. The number of rotatable bonds is 4. The number of alkyl halides is 3. The molecule has 4 heteroatoms. The lowest BCUT2D eigenvalue weighted by molar-refractivity contribution is -0.137. The summed E-state index contributed by atoms with van der Waals surface area (Å²) < 4.78 is 37.6. The summed E-state index contributed by atoms with van der Waals surface area (Å²) in [4.78, 5) is 0. The Balaban J connectivity index is 2.19. The van der Waals surface area contributed by atoms with Gasteiger partial charge in [-0.25, -0.2) is 0 Å². The normalized spacial score (nSPS) is 13.2. The second kappa shape index (κ2) is 6.31. The van der Waals surface area contributed by atoms with Crippen molar-refractivity contribution in [2.75, 3.05) is 0 Å². The highest BCUT2D eigenvalue weighted by Crippen LogP contribution is 2.31. The summed E-state index contributed by atoms with van der Waals surface area (Å²) in [6.45, 7) is 2.08. The van der Waals surface area contributed by atoms with E-state index >= 15 is 0 Å². The molecule has 1 atom stereocenters. The Morgan fingerprint density at radius 1 is 0.905 bits per heavy atom. The van der Waals surface area contributed by atoms with Crippen molar-refractivity contribution in [1.82, 2.24) is 0 Å². The van der Waals surface area contributed by atoms with Crippen molar-refractivity contribution in [3.05, 3.63) is 59.7 Å². The smallest absolute Gasteiger partial charge is 0.324 e. The lowest BCUT2D eigenvalue weighted by atomic mass is 9.98. The topological polar surface area (TPSA) is 26.0 Å². The van der Waals surface area contributed by atoms with Gasteiger partial charge in [0.15, 0.2) is 0 Å². The third kappa shape index (κ3) is 3.85. The van der Waals surface area contributed by atoms with Gasteiger partial charge in [0.2, 0.25) is 0 Å². The molecule has 0 aromatic heterocycles. The highest BCUT2D eigenvalue weighted by atomic mass is 19.4. The van der Waals surface area contributed by atoms with Crippen LogP contribution in [0, 0.1) is 0 Å². The molecule has 112 valence electrons. The van der Waals surface area contributed by atoms with Gasteiger partial charge in [-0.05, 0) is 35.2 Å². The first-order valence-corrected chi connectivity index (χ1v) is 6.95. The molecule has 0 aliphatic carbocycles. The SMILES string of the molecule is CCC[C@H](N)c1ccc(-c2ccc(C(F)(F)F)cc2)cc1. The lowest BCUT2D eigenvalue weighted by Crippen LogP contribution is -2.09. The number of halogens is 3. The molecule has 0 saturated carbocycles. The van der Waals surface area contributed by atoms with Gasteiger partial charge in [-0.2, -0.15) is 13.2 Å². The van der Waals surface area contributed by atoms with Gasteiger partial charge >= 0.3 is 6.18 Å². The molecule has 0 aliphatic rings. The summed E-state index contributed by atoms with van der Waals surface area (Å²) in [5, 5.41) is 0. The molecule has 1 nitrogen and oxygen atoms in total. The lowest BCUT2D eigenvalue weighted by Gasteiger charge is -2.12. The molecule has 0 aliphatic heterocycles.